The predicted octanol–water partition coefficient (Wildman–Crippen LogP) is 3.46. The average molecular weight is 308 g/mol. The largest absolute Gasteiger partial charge is 0.496 e. The number of ether oxygens (including phenoxy) is 1. The third-order valence-corrected chi connectivity index (χ3v) is 3.71. The van der Waals surface area contributed by atoms with Gasteiger partial charge in [0, 0.05) is 29.4 Å². The fourth-order valence-electron chi connectivity index (χ4n) is 2.43. The van der Waals surface area contributed by atoms with Crippen molar-refractivity contribution in [3.8, 4) is 5.75 Å². The number of nitrogens with zero attached hydrogens (tertiary/aromatic N) is 2. The van der Waals surface area contributed by atoms with Crippen LogP contribution in [0.25, 0.3) is 0 Å². The number of rotatable bonds is 7. The Hall–Kier alpha value is -1.52. The van der Waals surface area contributed by atoms with Gasteiger partial charge < -0.3 is 10.1 Å². The molecule has 0 saturated carbocycles. The van der Waals surface area contributed by atoms with Crippen LogP contribution in [-0.2, 0) is 13.0 Å². The highest BCUT2D eigenvalue weighted by Gasteiger charge is 2.17. The third kappa shape index (κ3) is 3.99. The lowest BCUT2D eigenvalue weighted by Gasteiger charge is -2.20. The third-order valence-electron chi connectivity index (χ3n) is 3.47. The highest BCUT2D eigenvalue weighted by molar-refractivity contribution is 6.30. The van der Waals surface area contributed by atoms with Gasteiger partial charge in [0.25, 0.3) is 0 Å². The van der Waals surface area contributed by atoms with Crippen molar-refractivity contribution < 1.29 is 4.74 Å². The smallest absolute Gasteiger partial charge is 0.125 e. The SMILES string of the molecule is CCNC(Cc1cnn(CC)c1)c1ccc(Cl)cc1OC. The number of hydrogen-bond acceptors (Lipinski definition) is 3. The Bertz CT molecular complexity index is 583. The first-order valence-corrected chi connectivity index (χ1v) is 7.63. The Morgan fingerprint density at radius 1 is 1.38 bits per heavy atom. The molecule has 0 radical (unpaired) electrons. The molecule has 0 spiro atoms. The Kier molecular flexibility index (Phi) is 5.65. The number of aryl methyl sites for hydroxylation is 1. The Balaban J connectivity index is 2.25. The van der Waals surface area contributed by atoms with Gasteiger partial charge in [-0.05, 0) is 37.6 Å². The van der Waals surface area contributed by atoms with E-state index in [0.29, 0.717) is 5.02 Å². The fraction of sp³-hybridized carbons (Fsp3) is 0.438. The Morgan fingerprint density at radius 2 is 2.19 bits per heavy atom. The van der Waals surface area contributed by atoms with Crippen molar-refractivity contribution >= 4 is 11.6 Å². The van der Waals surface area contributed by atoms with Crippen molar-refractivity contribution in [1.82, 2.24) is 15.1 Å². The second-order valence-electron chi connectivity index (χ2n) is 4.90. The minimum atomic E-state index is 0.178. The van der Waals surface area contributed by atoms with Crippen molar-refractivity contribution in [2.45, 2.75) is 32.9 Å². The summed E-state index contributed by atoms with van der Waals surface area (Å²) < 4.78 is 7.41. The summed E-state index contributed by atoms with van der Waals surface area (Å²) in [7, 11) is 1.67. The molecular weight excluding hydrogens is 286 g/mol. The van der Waals surface area contributed by atoms with E-state index in [1.54, 1.807) is 7.11 Å². The number of halogens is 1. The lowest BCUT2D eigenvalue weighted by Crippen LogP contribution is -2.23. The number of likely N-dealkylation sites (N-methyl/N-ethyl adjacent to an activating group) is 1. The summed E-state index contributed by atoms with van der Waals surface area (Å²) in [5, 5.41) is 8.53. The van der Waals surface area contributed by atoms with Gasteiger partial charge in [-0.25, -0.2) is 0 Å². The molecule has 0 saturated heterocycles. The van der Waals surface area contributed by atoms with Gasteiger partial charge in [0.15, 0.2) is 0 Å². The van der Waals surface area contributed by atoms with Crippen molar-refractivity contribution in [3.63, 3.8) is 0 Å². The van der Waals surface area contributed by atoms with E-state index in [1.165, 1.54) is 5.56 Å². The summed E-state index contributed by atoms with van der Waals surface area (Å²) in [6, 6.07) is 5.96. The summed E-state index contributed by atoms with van der Waals surface area (Å²) >= 11 is 6.05. The van der Waals surface area contributed by atoms with E-state index in [-0.39, 0.29) is 6.04 Å². The van der Waals surface area contributed by atoms with Gasteiger partial charge in [-0.1, -0.05) is 24.6 Å². The molecule has 4 nitrogen and oxygen atoms in total. The van der Waals surface area contributed by atoms with Gasteiger partial charge >= 0.3 is 0 Å². The van der Waals surface area contributed by atoms with E-state index in [9.17, 15) is 0 Å². The first-order valence-electron chi connectivity index (χ1n) is 7.26. The average Bonchev–Trinajstić information content (AvgIpc) is 2.94. The van der Waals surface area contributed by atoms with Crippen molar-refractivity contribution in [2.24, 2.45) is 0 Å². The molecular formula is C16H22ClN3O. The van der Waals surface area contributed by atoms with Crippen molar-refractivity contribution in [3.05, 3.63) is 46.7 Å². The highest BCUT2D eigenvalue weighted by Crippen LogP contribution is 2.30. The van der Waals surface area contributed by atoms with E-state index < -0.39 is 0 Å². The molecule has 1 unspecified atom stereocenters. The molecule has 21 heavy (non-hydrogen) atoms. The zero-order valence-electron chi connectivity index (χ0n) is 12.8. The zero-order valence-corrected chi connectivity index (χ0v) is 13.5. The van der Waals surface area contributed by atoms with Crippen LogP contribution in [0, 0.1) is 0 Å². The first-order chi connectivity index (χ1) is 10.2. The highest BCUT2D eigenvalue weighted by atomic mass is 35.5. The van der Waals surface area contributed by atoms with E-state index >= 15 is 0 Å². The first kappa shape index (κ1) is 15.9. The van der Waals surface area contributed by atoms with Crippen LogP contribution in [0.4, 0.5) is 0 Å². The van der Waals surface area contributed by atoms with E-state index in [1.807, 2.05) is 29.1 Å². The van der Waals surface area contributed by atoms with E-state index in [0.717, 1.165) is 30.8 Å². The normalized spacial score (nSPS) is 12.4. The number of hydrogen-bond donors (Lipinski definition) is 1. The van der Waals surface area contributed by atoms with Crippen LogP contribution in [0.3, 0.4) is 0 Å². The number of methoxy groups -OCH3 is 1. The second kappa shape index (κ2) is 7.48. The molecule has 1 aromatic heterocycles. The fourth-order valence-corrected chi connectivity index (χ4v) is 2.59. The van der Waals surface area contributed by atoms with Crippen LogP contribution in [0.2, 0.25) is 5.02 Å². The molecule has 0 aliphatic rings. The molecule has 5 heteroatoms. The summed E-state index contributed by atoms with van der Waals surface area (Å²) in [6.07, 6.45) is 4.88. The Morgan fingerprint density at radius 3 is 2.81 bits per heavy atom. The van der Waals surface area contributed by atoms with Gasteiger partial charge in [-0.3, -0.25) is 4.68 Å². The number of nitrogens with one attached hydrogen (secondary N) is 1. The van der Waals surface area contributed by atoms with Crippen LogP contribution in [0.1, 0.15) is 31.0 Å². The van der Waals surface area contributed by atoms with E-state index in [4.69, 9.17) is 16.3 Å². The maximum absolute atomic E-state index is 6.05. The molecule has 1 atom stereocenters. The minimum Gasteiger partial charge on any atom is -0.496 e. The molecule has 1 N–H and O–H groups in total. The van der Waals surface area contributed by atoms with Crippen LogP contribution in [-0.4, -0.2) is 23.4 Å². The standard InChI is InChI=1S/C16H22ClN3O/c1-4-18-15(8-12-10-19-20(5-2)11-12)14-7-6-13(17)9-16(14)21-3/h6-7,9-11,15,18H,4-5,8H2,1-3H3. The summed E-state index contributed by atoms with van der Waals surface area (Å²) in [4.78, 5) is 0. The van der Waals surface area contributed by atoms with Crippen molar-refractivity contribution in [1.29, 1.82) is 0 Å². The molecule has 0 amide bonds. The van der Waals surface area contributed by atoms with Crippen LogP contribution in [0.15, 0.2) is 30.6 Å². The van der Waals surface area contributed by atoms with Crippen LogP contribution < -0.4 is 10.1 Å². The maximum Gasteiger partial charge on any atom is 0.125 e. The lowest BCUT2D eigenvalue weighted by molar-refractivity contribution is 0.399. The number of aromatic nitrogens is 2. The second-order valence-corrected chi connectivity index (χ2v) is 5.34. The zero-order chi connectivity index (χ0) is 15.2. The van der Waals surface area contributed by atoms with Crippen LogP contribution in [0.5, 0.6) is 5.75 Å². The molecule has 2 rings (SSSR count). The lowest BCUT2D eigenvalue weighted by atomic mass is 9.99. The summed E-state index contributed by atoms with van der Waals surface area (Å²) in [6.45, 7) is 5.96. The van der Waals surface area contributed by atoms with Gasteiger partial charge in [0.05, 0.1) is 13.3 Å². The van der Waals surface area contributed by atoms with Crippen molar-refractivity contribution in [2.75, 3.05) is 13.7 Å². The van der Waals surface area contributed by atoms with E-state index in [2.05, 4.69) is 30.5 Å². The van der Waals surface area contributed by atoms with Gasteiger partial charge in [-0.2, -0.15) is 5.10 Å². The molecule has 1 aromatic carbocycles. The minimum absolute atomic E-state index is 0.178. The Labute approximate surface area is 131 Å². The predicted molar refractivity (Wildman–Crippen MR) is 86.0 cm³/mol. The maximum atomic E-state index is 6.05. The van der Waals surface area contributed by atoms with Gasteiger partial charge in [-0.15, -0.1) is 0 Å². The molecule has 0 aliphatic heterocycles. The monoisotopic (exact) mass is 307 g/mol. The summed E-state index contributed by atoms with van der Waals surface area (Å²) in [5.74, 6) is 0.816. The van der Waals surface area contributed by atoms with Gasteiger partial charge in [0.1, 0.15) is 5.75 Å². The topological polar surface area (TPSA) is 39.1 Å². The molecule has 2 aromatic rings. The molecule has 114 valence electrons. The van der Waals surface area contributed by atoms with Crippen LogP contribution >= 0.6 is 11.6 Å². The van der Waals surface area contributed by atoms with Gasteiger partial charge in [0.2, 0.25) is 0 Å². The number of benzene rings is 1. The molecule has 0 bridgehead atoms. The quantitative estimate of drug-likeness (QED) is 0.851. The molecule has 1 heterocycles. The summed E-state index contributed by atoms with van der Waals surface area (Å²) in [5.41, 5.74) is 2.33. The molecule has 0 aliphatic carbocycles. The molecule has 0 fully saturated rings.